The van der Waals surface area contributed by atoms with E-state index in [-0.39, 0.29) is 5.91 Å². The van der Waals surface area contributed by atoms with E-state index in [0.29, 0.717) is 19.1 Å². The van der Waals surface area contributed by atoms with Gasteiger partial charge in [0.25, 0.3) is 0 Å². The monoisotopic (exact) mass is 280 g/mol. The van der Waals surface area contributed by atoms with E-state index in [0.717, 1.165) is 42.9 Å². The molecule has 1 aliphatic heterocycles. The number of hydrogen-bond donors (Lipinski definition) is 1. The Morgan fingerprint density at radius 2 is 2.10 bits per heavy atom. The van der Waals surface area contributed by atoms with E-state index in [1.807, 2.05) is 20.9 Å². The molecule has 0 bridgehead atoms. The first-order chi connectivity index (χ1) is 9.47. The minimum Gasteiger partial charge on any atom is -0.361 e. The molecule has 1 aliphatic rings. The predicted molar refractivity (Wildman–Crippen MR) is 76.1 cm³/mol. The van der Waals surface area contributed by atoms with E-state index in [2.05, 4.69) is 10.1 Å². The Hall–Kier alpha value is -1.40. The molecule has 1 aromatic rings. The van der Waals surface area contributed by atoms with Gasteiger partial charge in [0.05, 0.1) is 18.8 Å². The first-order valence-electron chi connectivity index (χ1n) is 7.11. The largest absolute Gasteiger partial charge is 0.361 e. The minimum absolute atomic E-state index is 0.125. The predicted octanol–water partition coefficient (Wildman–Crippen LogP) is 0.673. The van der Waals surface area contributed by atoms with Crippen molar-refractivity contribution >= 4 is 5.91 Å². The van der Waals surface area contributed by atoms with Crippen LogP contribution in [0.2, 0.25) is 0 Å². The molecule has 0 aliphatic carbocycles. The fourth-order valence-corrected chi connectivity index (χ4v) is 2.48. The minimum atomic E-state index is 0.125. The third-order valence-electron chi connectivity index (χ3n) is 3.99. The number of likely N-dealkylation sites (tertiary alicyclic amines) is 1. The molecule has 2 rings (SSSR count). The number of carbonyl (C=O) groups is 1. The van der Waals surface area contributed by atoms with Crippen LogP contribution >= 0.6 is 0 Å². The Kier molecular flexibility index (Phi) is 4.77. The molecule has 1 saturated heterocycles. The Morgan fingerprint density at radius 3 is 2.65 bits per heavy atom. The highest BCUT2D eigenvalue weighted by Crippen LogP contribution is 2.15. The summed E-state index contributed by atoms with van der Waals surface area (Å²) in [7, 11) is 1.82. The summed E-state index contributed by atoms with van der Waals surface area (Å²) in [4.78, 5) is 16.2. The Bertz CT molecular complexity index is 444. The van der Waals surface area contributed by atoms with E-state index in [4.69, 9.17) is 10.3 Å². The molecule has 1 fully saturated rings. The zero-order chi connectivity index (χ0) is 14.7. The van der Waals surface area contributed by atoms with Gasteiger partial charge >= 0.3 is 0 Å². The van der Waals surface area contributed by atoms with Crippen molar-refractivity contribution in [3.05, 3.63) is 17.0 Å². The van der Waals surface area contributed by atoms with Gasteiger partial charge in [-0.2, -0.15) is 0 Å². The van der Waals surface area contributed by atoms with Gasteiger partial charge in [-0.05, 0) is 26.7 Å². The maximum atomic E-state index is 12.2. The van der Waals surface area contributed by atoms with Crippen molar-refractivity contribution in [3.8, 4) is 0 Å². The van der Waals surface area contributed by atoms with Gasteiger partial charge in [0.1, 0.15) is 5.76 Å². The SMILES string of the molecule is Cc1noc(C)c1CN(C)C(=O)CN1CCC(N)CC1. The maximum absolute atomic E-state index is 12.2. The fourth-order valence-electron chi connectivity index (χ4n) is 2.48. The lowest BCUT2D eigenvalue weighted by Gasteiger charge is -2.30. The van der Waals surface area contributed by atoms with E-state index >= 15 is 0 Å². The fraction of sp³-hybridized carbons (Fsp3) is 0.714. The lowest BCUT2D eigenvalue weighted by Crippen LogP contribution is -2.44. The van der Waals surface area contributed by atoms with Crippen LogP contribution in [0.5, 0.6) is 0 Å². The number of aryl methyl sites for hydroxylation is 2. The molecule has 6 heteroatoms. The molecule has 2 N–H and O–H groups in total. The highest BCUT2D eigenvalue weighted by Gasteiger charge is 2.21. The molecule has 0 aromatic carbocycles. The van der Waals surface area contributed by atoms with Crippen LogP contribution in [-0.4, -0.2) is 53.6 Å². The summed E-state index contributed by atoms with van der Waals surface area (Å²) in [5, 5.41) is 3.92. The molecule has 0 radical (unpaired) electrons. The van der Waals surface area contributed by atoms with Gasteiger partial charge in [-0.15, -0.1) is 0 Å². The topological polar surface area (TPSA) is 75.6 Å². The van der Waals surface area contributed by atoms with Crippen LogP contribution in [0.3, 0.4) is 0 Å². The average Bonchev–Trinajstić information content (AvgIpc) is 2.73. The van der Waals surface area contributed by atoms with Crippen molar-refractivity contribution in [2.24, 2.45) is 5.73 Å². The van der Waals surface area contributed by atoms with E-state index in [9.17, 15) is 4.79 Å². The van der Waals surface area contributed by atoms with Crippen LogP contribution < -0.4 is 5.73 Å². The van der Waals surface area contributed by atoms with Gasteiger partial charge in [0.15, 0.2) is 0 Å². The molecule has 20 heavy (non-hydrogen) atoms. The molecular weight excluding hydrogens is 256 g/mol. The van der Waals surface area contributed by atoms with Crippen molar-refractivity contribution in [2.45, 2.75) is 39.3 Å². The molecule has 112 valence electrons. The lowest BCUT2D eigenvalue weighted by molar-refractivity contribution is -0.131. The summed E-state index contributed by atoms with van der Waals surface area (Å²) in [5.74, 6) is 0.909. The summed E-state index contributed by atoms with van der Waals surface area (Å²) >= 11 is 0. The van der Waals surface area contributed by atoms with Gasteiger partial charge in [-0.3, -0.25) is 9.69 Å². The molecular formula is C14H24N4O2. The zero-order valence-electron chi connectivity index (χ0n) is 12.6. The van der Waals surface area contributed by atoms with Crippen molar-refractivity contribution in [3.63, 3.8) is 0 Å². The van der Waals surface area contributed by atoms with Crippen LogP contribution in [0.1, 0.15) is 29.9 Å². The zero-order valence-corrected chi connectivity index (χ0v) is 12.6. The van der Waals surface area contributed by atoms with E-state index in [1.165, 1.54) is 0 Å². The van der Waals surface area contributed by atoms with Gasteiger partial charge in [-0.25, -0.2) is 0 Å². The van der Waals surface area contributed by atoms with E-state index in [1.54, 1.807) is 4.90 Å². The Balaban J connectivity index is 1.86. The number of amides is 1. The molecule has 0 atom stereocenters. The molecule has 6 nitrogen and oxygen atoms in total. The van der Waals surface area contributed by atoms with Crippen molar-refractivity contribution in [1.82, 2.24) is 15.0 Å². The first kappa shape index (κ1) is 15.0. The number of rotatable bonds is 4. The summed E-state index contributed by atoms with van der Waals surface area (Å²) in [6.45, 7) is 6.61. The van der Waals surface area contributed by atoms with E-state index < -0.39 is 0 Å². The third-order valence-corrected chi connectivity index (χ3v) is 3.99. The smallest absolute Gasteiger partial charge is 0.236 e. The molecule has 1 aromatic heterocycles. The highest BCUT2D eigenvalue weighted by atomic mass is 16.5. The molecule has 0 spiro atoms. The Morgan fingerprint density at radius 1 is 1.45 bits per heavy atom. The van der Waals surface area contributed by atoms with Gasteiger partial charge < -0.3 is 15.2 Å². The van der Waals surface area contributed by atoms with Gasteiger partial charge in [0, 0.05) is 31.7 Å². The van der Waals surface area contributed by atoms with Crippen LogP contribution in [0, 0.1) is 13.8 Å². The highest BCUT2D eigenvalue weighted by molar-refractivity contribution is 5.78. The van der Waals surface area contributed by atoms with Crippen LogP contribution in [-0.2, 0) is 11.3 Å². The number of hydrogen-bond acceptors (Lipinski definition) is 5. The summed E-state index contributed by atoms with van der Waals surface area (Å²) < 4.78 is 5.13. The summed E-state index contributed by atoms with van der Waals surface area (Å²) in [6, 6.07) is 0.293. The molecule has 1 amide bonds. The van der Waals surface area contributed by atoms with Crippen LogP contribution in [0.4, 0.5) is 0 Å². The quantitative estimate of drug-likeness (QED) is 0.877. The molecule has 0 unspecified atom stereocenters. The second-order valence-corrected chi connectivity index (χ2v) is 5.67. The van der Waals surface area contributed by atoms with Gasteiger partial charge in [-0.1, -0.05) is 5.16 Å². The molecule has 0 saturated carbocycles. The lowest BCUT2D eigenvalue weighted by atomic mass is 10.1. The molecule has 2 heterocycles. The number of piperidine rings is 1. The van der Waals surface area contributed by atoms with Crippen LogP contribution in [0.15, 0.2) is 4.52 Å². The van der Waals surface area contributed by atoms with Crippen molar-refractivity contribution in [2.75, 3.05) is 26.7 Å². The number of aromatic nitrogens is 1. The third kappa shape index (κ3) is 3.58. The first-order valence-corrected chi connectivity index (χ1v) is 7.11. The standard InChI is InChI=1S/C14H24N4O2/c1-10-13(11(2)20-16-10)8-17(3)14(19)9-18-6-4-12(15)5-7-18/h12H,4-9,15H2,1-3H3. The second kappa shape index (κ2) is 6.37. The average molecular weight is 280 g/mol. The number of carbonyl (C=O) groups excluding carboxylic acids is 1. The van der Waals surface area contributed by atoms with Crippen molar-refractivity contribution < 1.29 is 9.32 Å². The summed E-state index contributed by atoms with van der Waals surface area (Å²) in [6.07, 6.45) is 1.95. The normalized spacial score (nSPS) is 17.4. The number of likely N-dealkylation sites (N-methyl/N-ethyl adjacent to an activating group) is 1. The number of nitrogens with two attached hydrogens (primary N) is 1. The Labute approximate surface area is 119 Å². The second-order valence-electron chi connectivity index (χ2n) is 5.67. The van der Waals surface area contributed by atoms with Crippen molar-refractivity contribution in [1.29, 1.82) is 0 Å². The van der Waals surface area contributed by atoms with Crippen LogP contribution in [0.25, 0.3) is 0 Å². The number of nitrogens with zero attached hydrogens (tertiary/aromatic N) is 3. The summed E-state index contributed by atoms with van der Waals surface area (Å²) in [5.41, 5.74) is 7.73. The van der Waals surface area contributed by atoms with Gasteiger partial charge in [0.2, 0.25) is 5.91 Å². The maximum Gasteiger partial charge on any atom is 0.236 e.